The third-order valence-corrected chi connectivity index (χ3v) is 13.4. The third kappa shape index (κ3) is 5.99. The number of fused-ring (bicyclic) bond motifs is 2. The van der Waals surface area contributed by atoms with Gasteiger partial charge in [0.15, 0.2) is 0 Å². The van der Waals surface area contributed by atoms with Gasteiger partial charge in [0.25, 0.3) is 5.91 Å². The molecule has 3 aromatic rings. The first-order valence-corrected chi connectivity index (χ1v) is 18.7. The van der Waals surface area contributed by atoms with Crippen LogP contribution in [0.1, 0.15) is 27.2 Å². The van der Waals surface area contributed by atoms with Crippen LogP contribution in [0.2, 0.25) is 0 Å². The number of aliphatic hydroxyl groups excluding tert-OH is 1. The number of aliphatic hydroxyl groups is 1. The number of nitrogens with zero attached hydrogens (tertiary/aromatic N) is 3. The Balaban J connectivity index is 1.44. The Morgan fingerprint density at radius 2 is 1.65 bits per heavy atom. The number of rotatable bonds is 13. The molecule has 3 aliphatic heterocycles. The van der Waals surface area contributed by atoms with Crippen molar-refractivity contribution >= 4 is 67.6 Å². The van der Waals surface area contributed by atoms with Crippen molar-refractivity contribution < 1.29 is 24.2 Å². The number of carbonyl (C=O) groups excluding carboxylic acids is 3. The van der Waals surface area contributed by atoms with Gasteiger partial charge in [-0.25, -0.2) is 0 Å². The zero-order valence-electron chi connectivity index (χ0n) is 28.2. The molecule has 8 nitrogen and oxygen atoms in total. The molecule has 258 valence electrons. The van der Waals surface area contributed by atoms with Crippen LogP contribution >= 0.6 is 27.7 Å². The molecule has 1 N–H and O–H groups in total. The summed E-state index contributed by atoms with van der Waals surface area (Å²) >= 11 is 5.49. The van der Waals surface area contributed by atoms with Gasteiger partial charge in [-0.05, 0) is 66.4 Å². The van der Waals surface area contributed by atoms with Crippen molar-refractivity contribution in [2.75, 3.05) is 36.1 Å². The van der Waals surface area contributed by atoms with E-state index in [1.165, 1.54) is 0 Å². The Bertz CT molecular complexity index is 1750. The minimum atomic E-state index is -0.901. The van der Waals surface area contributed by atoms with Gasteiger partial charge >= 0.3 is 0 Å². The Hall–Kier alpha value is -3.60. The van der Waals surface area contributed by atoms with Crippen LogP contribution < -0.4 is 14.5 Å². The molecule has 3 aliphatic rings. The zero-order valence-corrected chi connectivity index (χ0v) is 30.6. The zero-order chi connectivity index (χ0) is 35.0. The Labute approximate surface area is 301 Å². The first-order chi connectivity index (χ1) is 23.6. The molecule has 2 bridgehead atoms. The molecule has 3 heterocycles. The highest BCUT2D eigenvalue weighted by Crippen LogP contribution is 2.68. The second-order valence-corrected chi connectivity index (χ2v) is 16.1. The lowest BCUT2D eigenvalue weighted by atomic mass is 9.70. The first-order valence-electron chi connectivity index (χ1n) is 16.9. The number of anilines is 2. The summed E-state index contributed by atoms with van der Waals surface area (Å²) in [5, 5.41) is 12.5. The molecule has 3 aromatic carbocycles. The highest BCUT2D eigenvalue weighted by Gasteiger charge is 2.76. The summed E-state index contributed by atoms with van der Waals surface area (Å²) in [4.78, 5) is 49.8. The topological polar surface area (TPSA) is 90.4 Å². The third-order valence-electron chi connectivity index (χ3n) is 10.2. The Morgan fingerprint density at radius 3 is 2.27 bits per heavy atom. The smallest absolute Gasteiger partial charge is 0.251 e. The van der Waals surface area contributed by atoms with Crippen LogP contribution in [-0.4, -0.2) is 80.9 Å². The second-order valence-electron chi connectivity index (χ2n) is 13.3. The summed E-state index contributed by atoms with van der Waals surface area (Å²) in [7, 11) is 0. The predicted molar refractivity (Wildman–Crippen MR) is 201 cm³/mol. The standard InChI is InChI=1S/C39H44BrN3O5S/c1-6-19-41(27-15-17-29(18-16-27)48-8-3)36(45)32-33-37(46)43(31(23-44)24(4)5)35(39(33)22-30(40)34(32)49-39)38(47)42(20-7-2)28-14-13-25-11-9-10-12-26(25)21-28/h6-7,9-18,21,24,30-35,44H,1-2,8,19-20,22-23H2,3-5H3/t30?,31-,32-,33-,34-,35?,39?/m0/s1. The van der Waals surface area contributed by atoms with E-state index in [0.29, 0.717) is 30.2 Å². The van der Waals surface area contributed by atoms with Crippen molar-refractivity contribution in [3.05, 3.63) is 92.0 Å². The van der Waals surface area contributed by atoms with Crippen LogP contribution in [-0.2, 0) is 14.4 Å². The summed E-state index contributed by atoms with van der Waals surface area (Å²) in [6.45, 7) is 14.4. The lowest BCUT2D eigenvalue weighted by Crippen LogP contribution is -2.59. The molecule has 49 heavy (non-hydrogen) atoms. The summed E-state index contributed by atoms with van der Waals surface area (Å²) in [6, 6.07) is 19.7. The van der Waals surface area contributed by atoms with E-state index in [9.17, 15) is 14.7 Å². The minimum absolute atomic E-state index is 0.100. The van der Waals surface area contributed by atoms with Crippen molar-refractivity contribution in [1.82, 2.24) is 4.90 Å². The first kappa shape index (κ1) is 35.2. The van der Waals surface area contributed by atoms with Crippen LogP contribution in [0.25, 0.3) is 10.8 Å². The SMILES string of the molecule is C=CCN(C(=O)C1N([C@@H](CO)C(C)C)C(=O)[C@@H]2[C@H](C(=O)N(CC=C)c3ccc(OCC)cc3)[C@H]3SC12CC3Br)c1ccc2ccccc2c1. The number of hydrogen-bond acceptors (Lipinski definition) is 6. The molecular weight excluding hydrogens is 702 g/mol. The molecule has 3 unspecified atom stereocenters. The number of thioether (sulfide) groups is 1. The highest BCUT2D eigenvalue weighted by molar-refractivity contribution is 9.09. The van der Waals surface area contributed by atoms with Gasteiger partial charge in [-0.1, -0.05) is 72.3 Å². The summed E-state index contributed by atoms with van der Waals surface area (Å²) in [6.07, 6.45) is 3.91. The van der Waals surface area contributed by atoms with E-state index in [-0.39, 0.29) is 53.4 Å². The van der Waals surface area contributed by atoms with Gasteiger partial charge < -0.3 is 24.5 Å². The van der Waals surface area contributed by atoms with Crippen molar-refractivity contribution in [2.24, 2.45) is 17.8 Å². The van der Waals surface area contributed by atoms with Crippen LogP contribution in [0, 0.1) is 17.8 Å². The van der Waals surface area contributed by atoms with Crippen molar-refractivity contribution in [3.63, 3.8) is 0 Å². The summed E-state index contributed by atoms with van der Waals surface area (Å²) in [5.41, 5.74) is 1.38. The molecule has 10 heteroatoms. The molecule has 0 aliphatic carbocycles. The van der Waals surface area contributed by atoms with Gasteiger partial charge in [-0.15, -0.1) is 24.9 Å². The van der Waals surface area contributed by atoms with Gasteiger partial charge in [0.2, 0.25) is 11.8 Å². The Kier molecular flexibility index (Phi) is 10.3. The average Bonchev–Trinajstić information content (AvgIpc) is 3.69. The number of carbonyl (C=O) groups is 3. The highest BCUT2D eigenvalue weighted by atomic mass is 79.9. The van der Waals surface area contributed by atoms with Crippen LogP contribution in [0.4, 0.5) is 11.4 Å². The molecule has 3 amide bonds. The van der Waals surface area contributed by atoms with E-state index in [2.05, 4.69) is 29.1 Å². The van der Waals surface area contributed by atoms with Crippen LogP contribution in [0.3, 0.4) is 0 Å². The van der Waals surface area contributed by atoms with Gasteiger partial charge in [-0.2, -0.15) is 0 Å². The van der Waals surface area contributed by atoms with Crippen LogP contribution in [0.15, 0.2) is 92.0 Å². The fourth-order valence-corrected chi connectivity index (χ4v) is 11.7. The number of alkyl halides is 1. The molecule has 0 aromatic heterocycles. The lowest BCUT2D eigenvalue weighted by molar-refractivity contribution is -0.142. The summed E-state index contributed by atoms with van der Waals surface area (Å²) in [5.74, 6) is -1.53. The van der Waals surface area contributed by atoms with Crippen molar-refractivity contribution in [1.29, 1.82) is 0 Å². The monoisotopic (exact) mass is 745 g/mol. The lowest BCUT2D eigenvalue weighted by Gasteiger charge is -2.41. The van der Waals surface area contributed by atoms with Gasteiger partial charge in [0, 0.05) is 34.5 Å². The molecule has 3 saturated heterocycles. The van der Waals surface area contributed by atoms with Crippen molar-refractivity contribution in [3.8, 4) is 5.75 Å². The molecule has 3 fully saturated rings. The predicted octanol–water partition coefficient (Wildman–Crippen LogP) is 6.46. The Morgan fingerprint density at radius 1 is 1.02 bits per heavy atom. The number of ether oxygens (including phenoxy) is 1. The molecule has 0 radical (unpaired) electrons. The van der Waals surface area contributed by atoms with E-state index in [1.54, 1.807) is 38.6 Å². The van der Waals surface area contributed by atoms with Crippen molar-refractivity contribution in [2.45, 2.75) is 54.1 Å². The fraction of sp³-hybridized carbons (Fsp3) is 0.410. The molecule has 0 saturated carbocycles. The number of benzene rings is 3. The number of amides is 3. The van der Waals surface area contributed by atoms with E-state index < -0.39 is 28.7 Å². The maximum atomic E-state index is 15.2. The molecule has 1 spiro atoms. The van der Waals surface area contributed by atoms with Gasteiger partial charge in [0.1, 0.15) is 11.8 Å². The van der Waals surface area contributed by atoms with E-state index in [4.69, 9.17) is 4.74 Å². The van der Waals surface area contributed by atoms with Gasteiger partial charge in [0.05, 0.1) is 35.8 Å². The quantitative estimate of drug-likeness (QED) is 0.160. The normalized spacial score (nSPS) is 26.1. The molecule has 7 atom stereocenters. The van der Waals surface area contributed by atoms with Gasteiger partial charge in [-0.3, -0.25) is 14.4 Å². The number of likely N-dealkylation sites (tertiary alicyclic amines) is 1. The maximum absolute atomic E-state index is 15.2. The fourth-order valence-electron chi connectivity index (χ4n) is 8.07. The van der Waals surface area contributed by atoms with E-state index in [1.807, 2.05) is 87.5 Å². The van der Waals surface area contributed by atoms with Crippen LogP contribution in [0.5, 0.6) is 5.75 Å². The average molecular weight is 747 g/mol. The van der Waals surface area contributed by atoms with E-state index >= 15 is 4.79 Å². The largest absolute Gasteiger partial charge is 0.494 e. The van der Waals surface area contributed by atoms with E-state index in [0.717, 1.165) is 10.8 Å². The number of hydrogen-bond donors (Lipinski definition) is 1. The maximum Gasteiger partial charge on any atom is 0.251 e. The summed E-state index contributed by atoms with van der Waals surface area (Å²) < 4.78 is 4.74. The number of halogens is 1. The molecular formula is C39H44BrN3O5S. The minimum Gasteiger partial charge on any atom is -0.494 e. The second kappa shape index (κ2) is 14.3. The molecule has 6 rings (SSSR count).